The van der Waals surface area contributed by atoms with Crippen LogP contribution in [0.5, 0.6) is 0 Å². The summed E-state index contributed by atoms with van der Waals surface area (Å²) in [5.74, 6) is -0.527. The third kappa shape index (κ3) is 2.37. The van der Waals surface area contributed by atoms with Crippen molar-refractivity contribution in [2.24, 2.45) is 0 Å². The molecule has 0 aromatic heterocycles. The molecule has 4 rings (SSSR count). The Morgan fingerprint density at radius 3 is 2.62 bits per heavy atom. The molecular formula is C16H18FN3O4. The van der Waals surface area contributed by atoms with Gasteiger partial charge in [-0.2, -0.15) is 0 Å². The first kappa shape index (κ1) is 15.2. The second-order valence-corrected chi connectivity index (χ2v) is 6.24. The normalized spacial score (nSPS) is 26.1. The first-order chi connectivity index (χ1) is 11.5. The first-order valence-corrected chi connectivity index (χ1v) is 7.91. The van der Waals surface area contributed by atoms with Gasteiger partial charge in [0.05, 0.1) is 37.7 Å². The van der Waals surface area contributed by atoms with Crippen molar-refractivity contribution in [1.82, 2.24) is 4.90 Å². The van der Waals surface area contributed by atoms with Crippen molar-refractivity contribution < 1.29 is 23.5 Å². The lowest BCUT2D eigenvalue weighted by Gasteiger charge is -2.29. The summed E-state index contributed by atoms with van der Waals surface area (Å²) in [4.78, 5) is 28.3. The van der Waals surface area contributed by atoms with Gasteiger partial charge in [0.2, 0.25) is 11.6 Å². The van der Waals surface area contributed by atoms with Gasteiger partial charge < -0.3 is 14.4 Å². The minimum atomic E-state index is -0.873. The average Bonchev–Trinajstić information content (AvgIpc) is 3.16. The molecule has 8 heteroatoms. The van der Waals surface area contributed by atoms with Crippen molar-refractivity contribution in [2.75, 3.05) is 49.2 Å². The van der Waals surface area contributed by atoms with Crippen LogP contribution in [0.15, 0.2) is 18.2 Å². The second-order valence-electron chi connectivity index (χ2n) is 6.24. The topological polar surface area (TPSA) is 62.1 Å². The molecule has 3 aliphatic rings. The van der Waals surface area contributed by atoms with Gasteiger partial charge in [0.15, 0.2) is 0 Å². The summed E-state index contributed by atoms with van der Waals surface area (Å²) in [6.45, 7) is 4.46. The summed E-state index contributed by atoms with van der Waals surface area (Å²) in [6, 6.07) is 4.71. The minimum Gasteiger partial charge on any atom is -0.418 e. The Labute approximate surface area is 138 Å². The van der Waals surface area contributed by atoms with Gasteiger partial charge in [-0.1, -0.05) is 0 Å². The Morgan fingerprint density at radius 1 is 1.25 bits per heavy atom. The summed E-state index contributed by atoms with van der Waals surface area (Å²) in [6.07, 6.45) is -0.558. The van der Waals surface area contributed by atoms with Crippen LogP contribution in [-0.4, -0.2) is 62.0 Å². The van der Waals surface area contributed by atoms with E-state index in [1.807, 2.05) is 4.90 Å². The van der Waals surface area contributed by atoms with E-state index in [2.05, 4.69) is 0 Å². The van der Waals surface area contributed by atoms with Gasteiger partial charge in [-0.15, -0.1) is 0 Å². The highest BCUT2D eigenvalue weighted by Gasteiger charge is 2.63. The number of morpholine rings is 1. The van der Waals surface area contributed by atoms with Gasteiger partial charge in [0.25, 0.3) is 0 Å². The molecule has 1 atom stereocenters. The standard InChI is InChI=1S/C16H18FN3O4/c1-11(21)20-10-16(20)9-19(15(22)24-16)12-2-3-14(13(17)8-12)18-4-6-23-7-5-18/h2-3,8H,4-7,9-10H2,1H3/t16-,20?/m1/s1. The van der Waals surface area contributed by atoms with E-state index in [9.17, 15) is 14.0 Å². The second kappa shape index (κ2) is 5.34. The first-order valence-electron chi connectivity index (χ1n) is 7.91. The SMILES string of the molecule is CC(=O)N1C[C@]12CN(c1ccc(N3CCOCC3)c(F)c1)C(=O)O2. The monoisotopic (exact) mass is 335 g/mol. The van der Waals surface area contributed by atoms with E-state index in [0.717, 1.165) is 0 Å². The Kier molecular flexibility index (Phi) is 3.38. The predicted octanol–water partition coefficient (Wildman–Crippen LogP) is 1.18. The quantitative estimate of drug-likeness (QED) is 0.760. The zero-order valence-corrected chi connectivity index (χ0v) is 13.3. The lowest BCUT2D eigenvalue weighted by Crippen LogP contribution is -2.36. The minimum absolute atomic E-state index is 0.140. The number of rotatable bonds is 2. The number of amides is 2. The molecule has 3 heterocycles. The number of carbonyl (C=O) groups excluding carboxylic acids is 2. The van der Waals surface area contributed by atoms with Crippen LogP contribution in [0.25, 0.3) is 0 Å². The number of hydrogen-bond acceptors (Lipinski definition) is 5. The van der Waals surface area contributed by atoms with Crippen LogP contribution in [-0.2, 0) is 14.3 Å². The molecule has 7 nitrogen and oxygen atoms in total. The fourth-order valence-electron chi connectivity index (χ4n) is 3.32. The maximum absolute atomic E-state index is 14.5. The Morgan fingerprint density at radius 2 is 2.00 bits per heavy atom. The van der Waals surface area contributed by atoms with Crippen LogP contribution in [0.2, 0.25) is 0 Å². The van der Waals surface area contributed by atoms with Crippen molar-refractivity contribution in [1.29, 1.82) is 0 Å². The third-order valence-electron chi connectivity index (χ3n) is 4.67. The fourth-order valence-corrected chi connectivity index (χ4v) is 3.32. The van der Waals surface area contributed by atoms with Crippen molar-refractivity contribution in [3.8, 4) is 0 Å². The smallest absolute Gasteiger partial charge is 0.416 e. The highest BCUT2D eigenvalue weighted by Crippen LogP contribution is 2.41. The van der Waals surface area contributed by atoms with Gasteiger partial charge >= 0.3 is 6.09 Å². The van der Waals surface area contributed by atoms with Crippen molar-refractivity contribution in [3.63, 3.8) is 0 Å². The number of nitrogens with zero attached hydrogens (tertiary/aromatic N) is 3. The molecule has 1 aromatic carbocycles. The molecule has 1 aromatic rings. The largest absolute Gasteiger partial charge is 0.418 e. The number of benzene rings is 1. The van der Waals surface area contributed by atoms with Gasteiger partial charge in [-0.3, -0.25) is 14.6 Å². The highest BCUT2D eigenvalue weighted by molar-refractivity contribution is 5.92. The molecule has 1 spiro atoms. The molecule has 2 amide bonds. The Balaban J connectivity index is 1.54. The van der Waals surface area contributed by atoms with Crippen LogP contribution in [0.4, 0.5) is 20.6 Å². The van der Waals surface area contributed by atoms with Crippen molar-refractivity contribution in [3.05, 3.63) is 24.0 Å². The molecule has 3 fully saturated rings. The van der Waals surface area contributed by atoms with Crippen LogP contribution in [0.1, 0.15) is 6.92 Å². The maximum atomic E-state index is 14.5. The molecule has 0 bridgehead atoms. The molecule has 0 radical (unpaired) electrons. The Bertz CT molecular complexity index is 707. The summed E-state index contributed by atoms with van der Waals surface area (Å²) in [5, 5.41) is 0. The molecular weight excluding hydrogens is 317 g/mol. The van der Waals surface area contributed by atoms with Crippen LogP contribution >= 0.6 is 0 Å². The molecule has 24 heavy (non-hydrogen) atoms. The van der Waals surface area contributed by atoms with Crippen LogP contribution in [0, 0.1) is 5.82 Å². The number of anilines is 2. The van der Waals surface area contributed by atoms with E-state index in [4.69, 9.17) is 9.47 Å². The zero-order valence-electron chi connectivity index (χ0n) is 13.3. The Hall–Kier alpha value is -2.35. The van der Waals surface area contributed by atoms with E-state index >= 15 is 0 Å². The molecule has 0 aliphatic carbocycles. The van der Waals surface area contributed by atoms with E-state index in [1.165, 1.54) is 22.8 Å². The predicted molar refractivity (Wildman–Crippen MR) is 83.4 cm³/mol. The molecule has 3 aliphatic heterocycles. The number of carbonyl (C=O) groups is 2. The van der Waals surface area contributed by atoms with Gasteiger partial charge in [-0.25, -0.2) is 9.18 Å². The van der Waals surface area contributed by atoms with E-state index in [0.29, 0.717) is 44.2 Å². The molecule has 0 N–H and O–H groups in total. The highest BCUT2D eigenvalue weighted by atomic mass is 19.1. The molecule has 3 saturated heterocycles. The summed E-state index contributed by atoms with van der Waals surface area (Å²) >= 11 is 0. The van der Waals surface area contributed by atoms with Crippen LogP contribution < -0.4 is 9.80 Å². The average molecular weight is 335 g/mol. The number of ether oxygens (including phenoxy) is 2. The molecule has 128 valence electrons. The molecule has 0 unspecified atom stereocenters. The lowest BCUT2D eigenvalue weighted by atomic mass is 10.2. The van der Waals surface area contributed by atoms with Crippen molar-refractivity contribution >= 4 is 23.4 Å². The zero-order chi connectivity index (χ0) is 16.9. The summed E-state index contributed by atoms with van der Waals surface area (Å²) in [5.41, 5.74) is 0.0605. The number of hydrogen-bond donors (Lipinski definition) is 0. The van der Waals surface area contributed by atoms with Gasteiger partial charge in [0.1, 0.15) is 5.82 Å². The van der Waals surface area contributed by atoms with Crippen molar-refractivity contribution in [2.45, 2.75) is 12.6 Å². The summed E-state index contributed by atoms with van der Waals surface area (Å²) < 4.78 is 25.1. The lowest BCUT2D eigenvalue weighted by molar-refractivity contribution is -0.126. The van der Waals surface area contributed by atoms with Gasteiger partial charge in [-0.05, 0) is 18.2 Å². The van der Waals surface area contributed by atoms with E-state index in [-0.39, 0.29) is 18.3 Å². The van der Waals surface area contributed by atoms with Crippen LogP contribution in [0.3, 0.4) is 0 Å². The fraction of sp³-hybridized carbons (Fsp3) is 0.500. The summed E-state index contributed by atoms with van der Waals surface area (Å²) in [7, 11) is 0. The van der Waals surface area contributed by atoms with E-state index < -0.39 is 11.8 Å². The third-order valence-corrected chi connectivity index (χ3v) is 4.67. The molecule has 0 saturated carbocycles. The number of halogens is 1. The van der Waals surface area contributed by atoms with E-state index in [1.54, 1.807) is 12.1 Å². The van der Waals surface area contributed by atoms with Gasteiger partial charge in [0, 0.05) is 20.0 Å². The maximum Gasteiger partial charge on any atom is 0.416 e.